The van der Waals surface area contributed by atoms with Crippen molar-refractivity contribution in [3.63, 3.8) is 0 Å². The summed E-state index contributed by atoms with van der Waals surface area (Å²) in [5.74, 6) is 1.72. The van der Waals surface area contributed by atoms with Crippen LogP contribution in [0.3, 0.4) is 0 Å². The van der Waals surface area contributed by atoms with E-state index >= 15 is 0 Å². The van der Waals surface area contributed by atoms with Crippen molar-refractivity contribution in [1.29, 1.82) is 0 Å². The topological polar surface area (TPSA) is 34.2 Å². The Balaban J connectivity index is 1.96. The highest BCUT2D eigenvalue weighted by molar-refractivity contribution is 5.43. The van der Waals surface area contributed by atoms with E-state index in [1.165, 1.54) is 5.56 Å². The van der Waals surface area contributed by atoms with E-state index in [-0.39, 0.29) is 0 Å². The Labute approximate surface area is 97.2 Å². The molecule has 0 saturated carbocycles. The molecule has 2 rings (SSSR count). The van der Waals surface area contributed by atoms with Gasteiger partial charge in [0.15, 0.2) is 0 Å². The summed E-state index contributed by atoms with van der Waals surface area (Å²) in [5.41, 5.74) is 1.21. The molecule has 0 aliphatic carbocycles. The molecule has 1 aromatic heterocycles. The van der Waals surface area contributed by atoms with Gasteiger partial charge in [-0.25, -0.2) is 4.98 Å². The fourth-order valence-corrected chi connectivity index (χ4v) is 2.19. The van der Waals surface area contributed by atoms with Crippen molar-refractivity contribution in [2.24, 2.45) is 5.92 Å². The lowest BCUT2D eigenvalue weighted by molar-refractivity contribution is 0.0622. The Morgan fingerprint density at radius 1 is 1.44 bits per heavy atom. The minimum atomic E-state index is 0.470. The average Bonchev–Trinajstić information content (AvgIpc) is 2.33. The Hall–Kier alpha value is -1.09. The highest BCUT2D eigenvalue weighted by atomic mass is 16.5. The highest BCUT2D eigenvalue weighted by Gasteiger charge is 2.20. The lowest BCUT2D eigenvalue weighted by atomic mass is 9.93. The molecule has 1 aromatic rings. The second-order valence-electron chi connectivity index (χ2n) is 4.55. The molecule has 0 spiro atoms. The second kappa shape index (κ2) is 5.30. The zero-order chi connectivity index (χ0) is 11.4. The van der Waals surface area contributed by atoms with Gasteiger partial charge in [0.1, 0.15) is 5.82 Å². The third kappa shape index (κ3) is 2.73. The molecule has 3 nitrogen and oxygen atoms in total. The average molecular weight is 220 g/mol. The summed E-state index contributed by atoms with van der Waals surface area (Å²) in [6.07, 6.45) is 4.14. The van der Waals surface area contributed by atoms with Crippen molar-refractivity contribution < 1.29 is 4.74 Å². The number of pyridine rings is 1. The molecule has 1 fully saturated rings. The van der Waals surface area contributed by atoms with Crippen LogP contribution >= 0.6 is 0 Å². The maximum Gasteiger partial charge on any atom is 0.129 e. The first-order valence-corrected chi connectivity index (χ1v) is 6.03. The SMILES string of the molecule is Cc1cccnc1NC(C)C1CCOCC1. The fraction of sp³-hybridized carbons (Fsp3) is 0.615. The van der Waals surface area contributed by atoms with Gasteiger partial charge in [0.2, 0.25) is 0 Å². The van der Waals surface area contributed by atoms with Gasteiger partial charge in [-0.05, 0) is 44.2 Å². The van der Waals surface area contributed by atoms with Gasteiger partial charge in [0.05, 0.1) is 0 Å². The molecule has 3 heteroatoms. The smallest absolute Gasteiger partial charge is 0.129 e. The molecular formula is C13H20N2O. The van der Waals surface area contributed by atoms with Crippen molar-refractivity contribution in [3.05, 3.63) is 23.9 Å². The molecule has 0 bridgehead atoms. The van der Waals surface area contributed by atoms with Gasteiger partial charge in [-0.3, -0.25) is 0 Å². The Bertz CT molecular complexity index is 334. The van der Waals surface area contributed by atoms with Crippen LogP contribution < -0.4 is 5.32 Å². The van der Waals surface area contributed by atoms with Crippen LogP contribution in [0.25, 0.3) is 0 Å². The number of rotatable bonds is 3. The number of ether oxygens (including phenoxy) is 1. The van der Waals surface area contributed by atoms with Crippen LogP contribution in [0.1, 0.15) is 25.3 Å². The summed E-state index contributed by atoms with van der Waals surface area (Å²) >= 11 is 0. The molecule has 1 unspecified atom stereocenters. The lowest BCUT2D eigenvalue weighted by Crippen LogP contribution is -2.31. The predicted octanol–water partition coefficient (Wildman–Crippen LogP) is 2.62. The number of hydrogen-bond acceptors (Lipinski definition) is 3. The second-order valence-corrected chi connectivity index (χ2v) is 4.55. The van der Waals surface area contributed by atoms with Gasteiger partial charge < -0.3 is 10.1 Å². The molecular weight excluding hydrogens is 200 g/mol. The van der Waals surface area contributed by atoms with Gasteiger partial charge in [-0.1, -0.05) is 6.07 Å². The molecule has 88 valence electrons. The number of hydrogen-bond donors (Lipinski definition) is 1. The van der Waals surface area contributed by atoms with E-state index in [1.807, 2.05) is 12.3 Å². The number of aromatic nitrogens is 1. The van der Waals surface area contributed by atoms with Crippen molar-refractivity contribution in [2.75, 3.05) is 18.5 Å². The first kappa shape index (κ1) is 11.4. The van der Waals surface area contributed by atoms with E-state index in [1.54, 1.807) is 0 Å². The van der Waals surface area contributed by atoms with Crippen LogP contribution in [0.5, 0.6) is 0 Å². The van der Waals surface area contributed by atoms with E-state index in [0.717, 1.165) is 31.9 Å². The van der Waals surface area contributed by atoms with E-state index in [2.05, 4.69) is 30.2 Å². The molecule has 0 amide bonds. The Morgan fingerprint density at radius 3 is 2.88 bits per heavy atom. The largest absolute Gasteiger partial charge is 0.381 e. The monoisotopic (exact) mass is 220 g/mol. The summed E-state index contributed by atoms with van der Waals surface area (Å²) in [6, 6.07) is 4.53. The lowest BCUT2D eigenvalue weighted by Gasteiger charge is -2.29. The number of aryl methyl sites for hydroxylation is 1. The number of anilines is 1. The van der Waals surface area contributed by atoms with Crippen LogP contribution in [-0.4, -0.2) is 24.2 Å². The molecule has 16 heavy (non-hydrogen) atoms. The van der Waals surface area contributed by atoms with E-state index < -0.39 is 0 Å². The molecule has 1 saturated heterocycles. The molecule has 1 aliphatic rings. The van der Waals surface area contributed by atoms with E-state index in [0.29, 0.717) is 12.0 Å². The van der Waals surface area contributed by atoms with E-state index in [4.69, 9.17) is 4.74 Å². The van der Waals surface area contributed by atoms with Crippen LogP contribution in [0.4, 0.5) is 5.82 Å². The van der Waals surface area contributed by atoms with Crippen LogP contribution in [0.15, 0.2) is 18.3 Å². The zero-order valence-electron chi connectivity index (χ0n) is 10.1. The summed E-state index contributed by atoms with van der Waals surface area (Å²) < 4.78 is 5.38. The molecule has 0 aromatic carbocycles. The van der Waals surface area contributed by atoms with Gasteiger partial charge in [0.25, 0.3) is 0 Å². The first-order valence-electron chi connectivity index (χ1n) is 6.03. The van der Waals surface area contributed by atoms with Gasteiger partial charge >= 0.3 is 0 Å². The zero-order valence-corrected chi connectivity index (χ0v) is 10.1. The summed E-state index contributed by atoms with van der Waals surface area (Å²) in [6.45, 7) is 6.13. The number of nitrogens with zero attached hydrogens (tertiary/aromatic N) is 1. The molecule has 0 radical (unpaired) electrons. The number of nitrogens with one attached hydrogen (secondary N) is 1. The minimum Gasteiger partial charge on any atom is -0.381 e. The predicted molar refractivity (Wildman–Crippen MR) is 65.6 cm³/mol. The van der Waals surface area contributed by atoms with Crippen molar-refractivity contribution in [2.45, 2.75) is 32.7 Å². The van der Waals surface area contributed by atoms with Crippen LogP contribution in [0.2, 0.25) is 0 Å². The highest BCUT2D eigenvalue weighted by Crippen LogP contribution is 2.22. The summed E-state index contributed by atoms with van der Waals surface area (Å²) in [5, 5.41) is 3.51. The van der Waals surface area contributed by atoms with Gasteiger partial charge in [0, 0.05) is 25.5 Å². The summed E-state index contributed by atoms with van der Waals surface area (Å²) in [4.78, 5) is 4.37. The maximum absolute atomic E-state index is 5.38. The van der Waals surface area contributed by atoms with E-state index in [9.17, 15) is 0 Å². The van der Waals surface area contributed by atoms with Crippen molar-refractivity contribution in [3.8, 4) is 0 Å². The third-order valence-corrected chi connectivity index (χ3v) is 3.35. The molecule has 2 heterocycles. The standard InChI is InChI=1S/C13H20N2O/c1-10-4-3-7-14-13(10)15-11(2)12-5-8-16-9-6-12/h3-4,7,11-12H,5-6,8-9H2,1-2H3,(H,14,15). The van der Waals surface area contributed by atoms with Crippen molar-refractivity contribution >= 4 is 5.82 Å². The normalized spacial score (nSPS) is 19.4. The molecule has 1 aliphatic heterocycles. The van der Waals surface area contributed by atoms with Crippen LogP contribution in [-0.2, 0) is 4.74 Å². The Morgan fingerprint density at radius 2 is 2.19 bits per heavy atom. The maximum atomic E-state index is 5.38. The van der Waals surface area contributed by atoms with Crippen molar-refractivity contribution in [1.82, 2.24) is 4.98 Å². The molecule has 1 N–H and O–H groups in total. The Kier molecular flexibility index (Phi) is 3.78. The summed E-state index contributed by atoms with van der Waals surface area (Å²) in [7, 11) is 0. The molecule has 1 atom stereocenters. The van der Waals surface area contributed by atoms with Gasteiger partial charge in [-0.2, -0.15) is 0 Å². The fourth-order valence-electron chi connectivity index (χ4n) is 2.19. The minimum absolute atomic E-state index is 0.470. The third-order valence-electron chi connectivity index (χ3n) is 3.35. The first-order chi connectivity index (χ1) is 7.77. The van der Waals surface area contributed by atoms with Crippen LogP contribution in [0, 0.1) is 12.8 Å². The van der Waals surface area contributed by atoms with Gasteiger partial charge in [-0.15, -0.1) is 0 Å². The quantitative estimate of drug-likeness (QED) is 0.850.